The minimum atomic E-state index is -0.589. The quantitative estimate of drug-likeness (QED) is 0.331. The van der Waals surface area contributed by atoms with Gasteiger partial charge in [-0.3, -0.25) is 19.2 Å². The highest BCUT2D eigenvalue weighted by molar-refractivity contribution is 5.77. The van der Waals surface area contributed by atoms with Crippen molar-refractivity contribution in [2.75, 3.05) is 26.4 Å². The van der Waals surface area contributed by atoms with Crippen molar-refractivity contribution in [3.05, 3.63) is 0 Å². The Hall–Kier alpha value is -2.12. The molecule has 0 aliphatic rings. The molecule has 0 atom stereocenters. The van der Waals surface area contributed by atoms with Crippen molar-refractivity contribution in [2.45, 2.75) is 26.7 Å². The van der Waals surface area contributed by atoms with Crippen molar-refractivity contribution in [3.8, 4) is 0 Å². The number of carbonyl (C=O) groups excluding carboxylic acids is 4. The largest absolute Gasteiger partial charge is 0.462 e. The molecule has 0 unspecified atom stereocenters. The second-order valence-electron chi connectivity index (χ2n) is 3.62. The van der Waals surface area contributed by atoms with Gasteiger partial charge in [0.05, 0.1) is 12.8 Å². The molecule has 0 aromatic rings. The molecule has 20 heavy (non-hydrogen) atoms. The van der Waals surface area contributed by atoms with Crippen LogP contribution in [-0.4, -0.2) is 50.3 Å². The zero-order valence-electron chi connectivity index (χ0n) is 11.5. The minimum Gasteiger partial charge on any atom is -0.462 e. The Morgan fingerprint density at radius 2 is 0.900 bits per heavy atom. The molecule has 8 heteroatoms. The zero-order chi connectivity index (χ0) is 15.4. The van der Waals surface area contributed by atoms with Gasteiger partial charge in [-0.25, -0.2) is 0 Å². The van der Waals surface area contributed by atoms with Gasteiger partial charge in [-0.2, -0.15) is 0 Å². The van der Waals surface area contributed by atoms with Gasteiger partial charge in [0.2, 0.25) is 0 Å². The Kier molecular flexibility index (Phi) is 9.63. The number of hydrogen-bond donors (Lipinski definition) is 0. The van der Waals surface area contributed by atoms with Crippen molar-refractivity contribution >= 4 is 23.9 Å². The summed E-state index contributed by atoms with van der Waals surface area (Å²) >= 11 is 0. The molecule has 0 aliphatic carbocycles. The lowest BCUT2D eigenvalue weighted by molar-refractivity contribution is -0.155. The Balaban J connectivity index is 3.50. The van der Waals surface area contributed by atoms with E-state index >= 15 is 0 Å². The van der Waals surface area contributed by atoms with Crippen LogP contribution in [0, 0.1) is 0 Å². The summed E-state index contributed by atoms with van der Waals surface area (Å²) in [6.45, 7) is 2.34. The van der Waals surface area contributed by atoms with Crippen LogP contribution in [0.1, 0.15) is 26.7 Å². The first-order valence-corrected chi connectivity index (χ1v) is 5.99. The highest BCUT2D eigenvalue weighted by Gasteiger charge is 2.09. The molecule has 0 fully saturated rings. The third kappa shape index (κ3) is 12.3. The SMILES string of the molecule is CC(=O)OCCOC(=O)CCC(=O)OCCOC(C)=O. The molecular weight excluding hydrogens is 272 g/mol. The van der Waals surface area contributed by atoms with Crippen molar-refractivity contribution in [1.82, 2.24) is 0 Å². The average Bonchev–Trinajstić information content (AvgIpc) is 2.37. The molecule has 8 nitrogen and oxygen atoms in total. The van der Waals surface area contributed by atoms with E-state index in [1.807, 2.05) is 0 Å². The van der Waals surface area contributed by atoms with Gasteiger partial charge < -0.3 is 18.9 Å². The lowest BCUT2D eigenvalue weighted by Gasteiger charge is -2.06. The van der Waals surface area contributed by atoms with Crippen LogP contribution in [0.25, 0.3) is 0 Å². The van der Waals surface area contributed by atoms with Gasteiger partial charge in [-0.1, -0.05) is 0 Å². The van der Waals surface area contributed by atoms with Crippen LogP contribution in [0.4, 0.5) is 0 Å². The molecule has 0 N–H and O–H groups in total. The molecule has 0 spiro atoms. The smallest absolute Gasteiger partial charge is 0.306 e. The molecule has 0 bridgehead atoms. The zero-order valence-corrected chi connectivity index (χ0v) is 11.5. The van der Waals surface area contributed by atoms with Crippen LogP contribution in [0.15, 0.2) is 0 Å². The fourth-order valence-corrected chi connectivity index (χ4v) is 1.03. The molecule has 0 heterocycles. The van der Waals surface area contributed by atoms with E-state index in [0.29, 0.717) is 0 Å². The molecule has 0 aromatic carbocycles. The maximum atomic E-state index is 11.2. The molecule has 0 aliphatic heterocycles. The van der Waals surface area contributed by atoms with E-state index in [2.05, 4.69) is 9.47 Å². The van der Waals surface area contributed by atoms with Crippen LogP contribution in [-0.2, 0) is 38.1 Å². The average molecular weight is 290 g/mol. The van der Waals surface area contributed by atoms with E-state index in [0.717, 1.165) is 0 Å². The van der Waals surface area contributed by atoms with Crippen molar-refractivity contribution in [1.29, 1.82) is 0 Å². The third-order valence-electron chi connectivity index (χ3n) is 1.84. The summed E-state index contributed by atoms with van der Waals surface area (Å²) in [5.74, 6) is -2.10. The Bertz CT molecular complexity index is 315. The maximum absolute atomic E-state index is 11.2. The summed E-state index contributed by atoms with van der Waals surface area (Å²) < 4.78 is 18.5. The highest BCUT2D eigenvalue weighted by Crippen LogP contribution is 1.96. The van der Waals surface area contributed by atoms with Crippen LogP contribution < -0.4 is 0 Å². The number of ether oxygens (including phenoxy) is 4. The number of rotatable bonds is 9. The van der Waals surface area contributed by atoms with Crippen LogP contribution in [0.2, 0.25) is 0 Å². The number of hydrogen-bond acceptors (Lipinski definition) is 8. The van der Waals surface area contributed by atoms with Crippen LogP contribution in [0.3, 0.4) is 0 Å². The van der Waals surface area contributed by atoms with Gasteiger partial charge in [-0.05, 0) is 0 Å². The second kappa shape index (κ2) is 10.8. The molecule has 0 aromatic heterocycles. The lowest BCUT2D eigenvalue weighted by atomic mass is 10.3. The van der Waals surface area contributed by atoms with Gasteiger partial charge >= 0.3 is 23.9 Å². The van der Waals surface area contributed by atoms with E-state index in [9.17, 15) is 19.2 Å². The summed E-state index contributed by atoms with van der Waals surface area (Å²) in [6.07, 6.45) is -0.265. The monoisotopic (exact) mass is 290 g/mol. The van der Waals surface area contributed by atoms with Gasteiger partial charge in [-0.15, -0.1) is 0 Å². The molecular formula is C12H18O8. The first kappa shape index (κ1) is 17.9. The van der Waals surface area contributed by atoms with E-state index in [-0.39, 0.29) is 39.3 Å². The summed E-state index contributed by atoms with van der Waals surface area (Å²) in [6, 6.07) is 0. The fraction of sp³-hybridized carbons (Fsp3) is 0.667. The normalized spacial score (nSPS) is 9.50. The third-order valence-corrected chi connectivity index (χ3v) is 1.84. The summed E-state index contributed by atoms with van der Waals surface area (Å²) in [5, 5.41) is 0. The highest BCUT2D eigenvalue weighted by atomic mass is 16.6. The second-order valence-corrected chi connectivity index (χ2v) is 3.62. The minimum absolute atomic E-state index is 0.0199. The standard InChI is InChI=1S/C12H18O8/c1-9(13)17-5-7-19-11(15)3-4-12(16)20-8-6-18-10(2)14/h3-8H2,1-2H3. The molecule has 0 saturated carbocycles. The van der Waals surface area contributed by atoms with Crippen LogP contribution >= 0.6 is 0 Å². The van der Waals surface area contributed by atoms with Crippen molar-refractivity contribution in [3.63, 3.8) is 0 Å². The van der Waals surface area contributed by atoms with Crippen molar-refractivity contribution < 1.29 is 38.1 Å². The molecule has 0 radical (unpaired) electrons. The number of carbonyl (C=O) groups is 4. The maximum Gasteiger partial charge on any atom is 0.306 e. The van der Waals surface area contributed by atoms with Crippen LogP contribution in [0.5, 0.6) is 0 Å². The first-order valence-electron chi connectivity index (χ1n) is 5.99. The van der Waals surface area contributed by atoms with Gasteiger partial charge in [0.25, 0.3) is 0 Å². The number of esters is 4. The van der Waals surface area contributed by atoms with Gasteiger partial charge in [0.15, 0.2) is 0 Å². The topological polar surface area (TPSA) is 105 Å². The summed E-state index contributed by atoms with van der Waals surface area (Å²) in [7, 11) is 0. The Morgan fingerprint density at radius 3 is 1.20 bits per heavy atom. The first-order chi connectivity index (χ1) is 9.41. The summed E-state index contributed by atoms with van der Waals surface area (Å²) in [4.78, 5) is 43.2. The van der Waals surface area contributed by atoms with E-state index in [1.165, 1.54) is 13.8 Å². The molecule has 114 valence electrons. The molecule has 0 amide bonds. The van der Waals surface area contributed by atoms with E-state index in [4.69, 9.17) is 9.47 Å². The van der Waals surface area contributed by atoms with Crippen molar-refractivity contribution in [2.24, 2.45) is 0 Å². The summed E-state index contributed by atoms with van der Waals surface area (Å²) in [5.41, 5.74) is 0. The Morgan fingerprint density at radius 1 is 0.600 bits per heavy atom. The predicted molar refractivity (Wildman–Crippen MR) is 64.4 cm³/mol. The lowest BCUT2D eigenvalue weighted by Crippen LogP contribution is -2.15. The van der Waals surface area contributed by atoms with E-state index in [1.54, 1.807) is 0 Å². The molecule has 0 rings (SSSR count). The van der Waals surface area contributed by atoms with Gasteiger partial charge in [0, 0.05) is 13.8 Å². The van der Waals surface area contributed by atoms with E-state index < -0.39 is 23.9 Å². The Labute approximate surface area is 116 Å². The predicted octanol–water partition coefficient (Wildman–Crippen LogP) is -0.0208. The fourth-order valence-electron chi connectivity index (χ4n) is 1.03. The molecule has 0 saturated heterocycles. The van der Waals surface area contributed by atoms with Gasteiger partial charge in [0.1, 0.15) is 26.4 Å².